The van der Waals surface area contributed by atoms with Crippen LogP contribution in [0.2, 0.25) is 0 Å². The smallest absolute Gasteiger partial charge is 0.282 e. The number of halogens is 1. The second kappa shape index (κ2) is 3.30. The number of rotatable bonds is 1. The first-order valence-electron chi connectivity index (χ1n) is 3.61. The summed E-state index contributed by atoms with van der Waals surface area (Å²) in [6.07, 6.45) is 0. The average Bonchev–Trinajstić information content (AvgIpc) is 2.47. The van der Waals surface area contributed by atoms with Crippen LogP contribution in [0.5, 0.6) is 0 Å². The second-order valence-corrected chi connectivity index (χ2v) is 5.75. The monoisotopic (exact) mass is 292 g/mol. The van der Waals surface area contributed by atoms with Gasteiger partial charge < -0.3 is 0 Å². The molecule has 0 bridgehead atoms. The van der Waals surface area contributed by atoms with Crippen molar-refractivity contribution in [1.82, 2.24) is 0 Å². The van der Waals surface area contributed by atoms with Crippen molar-refractivity contribution in [2.24, 2.45) is 0 Å². The molecule has 0 amide bonds. The minimum Gasteiger partial charge on any atom is -0.282 e. The number of thiophene rings is 1. The van der Waals surface area contributed by atoms with Gasteiger partial charge in [0.25, 0.3) is 10.1 Å². The average molecular weight is 293 g/mol. The zero-order chi connectivity index (χ0) is 10.3. The highest BCUT2D eigenvalue weighted by Gasteiger charge is 2.14. The summed E-state index contributed by atoms with van der Waals surface area (Å²) < 4.78 is 31.2. The maximum Gasteiger partial charge on any atom is 0.295 e. The molecule has 1 aromatic heterocycles. The quantitative estimate of drug-likeness (QED) is 0.822. The maximum absolute atomic E-state index is 10.9. The molecular weight excluding hydrogens is 288 g/mol. The molecule has 0 radical (unpaired) electrons. The summed E-state index contributed by atoms with van der Waals surface area (Å²) in [6.45, 7) is 0. The van der Waals surface area contributed by atoms with Gasteiger partial charge in [-0.05, 0) is 49.6 Å². The molecule has 0 fully saturated rings. The lowest BCUT2D eigenvalue weighted by Gasteiger charge is -2.00. The van der Waals surface area contributed by atoms with Crippen LogP contribution in [0.15, 0.2) is 32.3 Å². The Kier molecular flexibility index (Phi) is 2.38. The van der Waals surface area contributed by atoms with Crippen molar-refractivity contribution in [3.8, 4) is 0 Å². The van der Waals surface area contributed by atoms with Gasteiger partial charge in [-0.15, -0.1) is 0 Å². The van der Waals surface area contributed by atoms with E-state index in [1.165, 1.54) is 17.4 Å². The van der Waals surface area contributed by atoms with Gasteiger partial charge in [-0.3, -0.25) is 4.55 Å². The van der Waals surface area contributed by atoms with Gasteiger partial charge in [0.15, 0.2) is 0 Å². The largest absolute Gasteiger partial charge is 0.295 e. The Morgan fingerprint density at radius 2 is 1.79 bits per heavy atom. The van der Waals surface area contributed by atoms with E-state index in [2.05, 4.69) is 15.9 Å². The summed E-state index contributed by atoms with van der Waals surface area (Å²) in [6, 6.07) is 3.13. The van der Waals surface area contributed by atoms with Crippen molar-refractivity contribution in [1.29, 1.82) is 0 Å². The fraction of sp³-hybridized carbons (Fsp3) is 0. The van der Waals surface area contributed by atoms with E-state index in [-0.39, 0.29) is 4.90 Å². The summed E-state index contributed by atoms with van der Waals surface area (Å²) in [5, 5.41) is 5.50. The van der Waals surface area contributed by atoms with Crippen LogP contribution < -0.4 is 0 Å². The molecule has 0 aliphatic carbocycles. The van der Waals surface area contributed by atoms with Gasteiger partial charge in [-0.2, -0.15) is 19.8 Å². The third-order valence-electron chi connectivity index (χ3n) is 1.81. The van der Waals surface area contributed by atoms with E-state index in [1.807, 2.05) is 10.8 Å². The van der Waals surface area contributed by atoms with Gasteiger partial charge in [-0.1, -0.05) is 0 Å². The van der Waals surface area contributed by atoms with Crippen LogP contribution in [0.25, 0.3) is 10.8 Å². The molecule has 0 saturated carbocycles. The van der Waals surface area contributed by atoms with Gasteiger partial charge in [0.2, 0.25) is 0 Å². The van der Waals surface area contributed by atoms with Crippen molar-refractivity contribution in [3.05, 3.63) is 27.4 Å². The number of hydrogen-bond acceptors (Lipinski definition) is 3. The highest BCUT2D eigenvalue weighted by Crippen LogP contribution is 2.29. The van der Waals surface area contributed by atoms with Gasteiger partial charge in [0.05, 0.1) is 0 Å². The maximum atomic E-state index is 10.9. The lowest BCUT2D eigenvalue weighted by molar-refractivity contribution is 0.483. The van der Waals surface area contributed by atoms with Crippen LogP contribution in [0.4, 0.5) is 0 Å². The molecule has 3 nitrogen and oxygen atoms in total. The number of benzene rings is 1. The Bertz CT molecular complexity index is 586. The summed E-state index contributed by atoms with van der Waals surface area (Å²) >= 11 is 4.59. The van der Waals surface area contributed by atoms with Gasteiger partial charge in [0.1, 0.15) is 4.90 Å². The molecule has 0 aliphatic rings. The third-order valence-corrected chi connectivity index (χ3v) is 4.40. The van der Waals surface area contributed by atoms with E-state index in [1.54, 1.807) is 6.07 Å². The zero-order valence-electron chi connectivity index (χ0n) is 6.77. The fourth-order valence-electron chi connectivity index (χ4n) is 1.17. The van der Waals surface area contributed by atoms with E-state index in [0.29, 0.717) is 4.47 Å². The van der Waals surface area contributed by atoms with E-state index >= 15 is 0 Å². The molecule has 0 spiro atoms. The van der Waals surface area contributed by atoms with Crippen LogP contribution in [-0.4, -0.2) is 13.0 Å². The molecule has 1 N–H and O–H groups in total. The highest BCUT2D eigenvalue weighted by molar-refractivity contribution is 9.10. The predicted octanol–water partition coefficient (Wildman–Crippen LogP) is 2.91. The molecule has 0 aliphatic heterocycles. The van der Waals surface area contributed by atoms with Crippen molar-refractivity contribution < 1.29 is 13.0 Å². The van der Waals surface area contributed by atoms with E-state index in [4.69, 9.17) is 4.55 Å². The molecule has 74 valence electrons. The lowest BCUT2D eigenvalue weighted by atomic mass is 10.2. The molecule has 1 heterocycles. The molecule has 0 saturated heterocycles. The fourth-order valence-corrected chi connectivity index (χ4v) is 3.49. The minimum absolute atomic E-state index is 0.0941. The third kappa shape index (κ3) is 1.70. The number of hydrogen-bond donors (Lipinski definition) is 1. The lowest BCUT2D eigenvalue weighted by Crippen LogP contribution is -1.98. The second-order valence-electron chi connectivity index (χ2n) is 2.76. The normalized spacial score (nSPS) is 12.1. The highest BCUT2D eigenvalue weighted by atomic mass is 79.9. The van der Waals surface area contributed by atoms with Crippen LogP contribution in [0.1, 0.15) is 0 Å². The Labute approximate surface area is 93.2 Å². The van der Waals surface area contributed by atoms with Crippen molar-refractivity contribution >= 4 is 48.2 Å². The van der Waals surface area contributed by atoms with E-state index < -0.39 is 10.1 Å². The standard InChI is InChI=1S/C8H5BrO3S2/c9-7-1-5-3-13-4-6(5)2-8(7)14(10,11)12/h1-4H,(H,10,11,12). The Hall–Kier alpha value is -0.430. The first kappa shape index (κ1) is 10.1. The molecule has 2 rings (SSSR count). The Morgan fingerprint density at radius 3 is 2.36 bits per heavy atom. The molecule has 0 unspecified atom stereocenters. The van der Waals surface area contributed by atoms with Crippen molar-refractivity contribution in [2.75, 3.05) is 0 Å². The van der Waals surface area contributed by atoms with E-state index in [9.17, 15) is 8.42 Å². The Morgan fingerprint density at radius 1 is 1.21 bits per heavy atom. The van der Waals surface area contributed by atoms with Crippen LogP contribution in [-0.2, 0) is 10.1 Å². The predicted molar refractivity (Wildman–Crippen MR) is 59.3 cm³/mol. The van der Waals surface area contributed by atoms with Crippen LogP contribution >= 0.6 is 27.3 Å². The SMILES string of the molecule is O=S(=O)(O)c1cc2cscc2cc1Br. The summed E-state index contributed by atoms with van der Waals surface area (Å²) in [5.74, 6) is 0. The van der Waals surface area contributed by atoms with Crippen LogP contribution in [0, 0.1) is 0 Å². The summed E-state index contributed by atoms with van der Waals surface area (Å²) in [5.41, 5.74) is 0. The molecule has 1 aromatic carbocycles. The summed E-state index contributed by atoms with van der Waals surface area (Å²) in [7, 11) is -4.15. The van der Waals surface area contributed by atoms with E-state index in [0.717, 1.165) is 10.8 Å². The van der Waals surface area contributed by atoms with Crippen molar-refractivity contribution in [2.45, 2.75) is 4.90 Å². The minimum atomic E-state index is -4.15. The first-order valence-corrected chi connectivity index (χ1v) is 6.79. The number of fused-ring (bicyclic) bond motifs is 1. The van der Waals surface area contributed by atoms with Gasteiger partial charge in [-0.25, -0.2) is 0 Å². The summed E-state index contributed by atoms with van der Waals surface area (Å²) in [4.78, 5) is -0.0941. The van der Waals surface area contributed by atoms with Crippen LogP contribution in [0.3, 0.4) is 0 Å². The van der Waals surface area contributed by atoms with Gasteiger partial charge in [0, 0.05) is 4.47 Å². The molecule has 6 heteroatoms. The zero-order valence-corrected chi connectivity index (χ0v) is 9.99. The first-order chi connectivity index (χ1) is 6.48. The molecule has 2 aromatic rings. The van der Waals surface area contributed by atoms with Crippen molar-refractivity contribution in [3.63, 3.8) is 0 Å². The molecular formula is C8H5BrO3S2. The molecule has 14 heavy (non-hydrogen) atoms. The topological polar surface area (TPSA) is 54.4 Å². The van der Waals surface area contributed by atoms with Gasteiger partial charge >= 0.3 is 0 Å². The Balaban J connectivity index is 2.84. The molecule has 0 atom stereocenters.